The Labute approximate surface area is 140 Å². The summed E-state index contributed by atoms with van der Waals surface area (Å²) in [5.41, 5.74) is 1.13. The van der Waals surface area contributed by atoms with Gasteiger partial charge in [0.1, 0.15) is 17.5 Å². The predicted octanol–water partition coefficient (Wildman–Crippen LogP) is 2.45. The smallest absolute Gasteiger partial charge is 0.256 e. The van der Waals surface area contributed by atoms with Gasteiger partial charge in [0.15, 0.2) is 0 Å². The van der Waals surface area contributed by atoms with Crippen molar-refractivity contribution in [3.63, 3.8) is 0 Å². The van der Waals surface area contributed by atoms with E-state index in [9.17, 15) is 9.59 Å². The number of imide groups is 1. The fourth-order valence-corrected chi connectivity index (χ4v) is 2.76. The average Bonchev–Trinajstić information content (AvgIpc) is 2.89. The number of amides is 2. The van der Waals surface area contributed by atoms with Gasteiger partial charge < -0.3 is 14.8 Å². The average molecular weight is 326 g/mol. The third kappa shape index (κ3) is 2.78. The minimum Gasteiger partial charge on any atom is -0.495 e. The molecule has 2 aromatic carbocycles. The van der Waals surface area contributed by atoms with Gasteiger partial charge in [-0.25, -0.2) is 4.90 Å². The number of nitrogens with zero attached hydrogens (tertiary/aromatic N) is 1. The second-order valence-corrected chi connectivity index (χ2v) is 5.34. The lowest BCUT2D eigenvalue weighted by Gasteiger charge is -2.19. The lowest BCUT2D eigenvalue weighted by Crippen LogP contribution is -2.35. The second-order valence-electron chi connectivity index (χ2n) is 5.34. The van der Waals surface area contributed by atoms with E-state index in [-0.39, 0.29) is 18.2 Å². The summed E-state index contributed by atoms with van der Waals surface area (Å²) >= 11 is 0. The zero-order valence-electron chi connectivity index (χ0n) is 13.5. The van der Waals surface area contributed by atoms with Crippen LogP contribution in [-0.2, 0) is 9.59 Å². The molecule has 0 bridgehead atoms. The highest BCUT2D eigenvalue weighted by atomic mass is 16.5. The van der Waals surface area contributed by atoms with Crippen molar-refractivity contribution in [1.29, 1.82) is 0 Å². The zero-order valence-corrected chi connectivity index (χ0v) is 13.5. The minimum absolute atomic E-state index is 0.0783. The summed E-state index contributed by atoms with van der Waals surface area (Å²) in [5, 5.41) is 3.10. The van der Waals surface area contributed by atoms with E-state index in [0.29, 0.717) is 22.9 Å². The van der Waals surface area contributed by atoms with Crippen LogP contribution in [0, 0.1) is 0 Å². The lowest BCUT2D eigenvalue weighted by atomic mass is 10.2. The molecule has 3 rings (SSSR count). The van der Waals surface area contributed by atoms with Crippen molar-refractivity contribution >= 4 is 23.2 Å². The molecular weight excluding hydrogens is 308 g/mol. The third-order valence-corrected chi connectivity index (χ3v) is 3.91. The molecule has 6 heteroatoms. The summed E-state index contributed by atoms with van der Waals surface area (Å²) in [6.07, 6.45) is 0.0783. The highest BCUT2D eigenvalue weighted by Crippen LogP contribution is 2.33. The fraction of sp³-hybridized carbons (Fsp3) is 0.222. The summed E-state index contributed by atoms with van der Waals surface area (Å²) in [6, 6.07) is 13.6. The molecule has 1 fully saturated rings. The van der Waals surface area contributed by atoms with Crippen LogP contribution in [0.5, 0.6) is 11.5 Å². The van der Waals surface area contributed by atoms with Crippen LogP contribution in [-0.4, -0.2) is 32.1 Å². The second kappa shape index (κ2) is 6.62. The van der Waals surface area contributed by atoms with Crippen molar-refractivity contribution in [1.82, 2.24) is 0 Å². The Hall–Kier alpha value is -3.02. The quantitative estimate of drug-likeness (QED) is 0.855. The molecule has 0 radical (unpaired) electrons. The molecule has 1 heterocycles. The van der Waals surface area contributed by atoms with Gasteiger partial charge in [0.25, 0.3) is 5.91 Å². The fourth-order valence-electron chi connectivity index (χ4n) is 2.76. The Bertz CT molecular complexity index is 775. The van der Waals surface area contributed by atoms with Crippen molar-refractivity contribution in [3.8, 4) is 11.5 Å². The van der Waals surface area contributed by atoms with Crippen molar-refractivity contribution in [2.45, 2.75) is 12.5 Å². The van der Waals surface area contributed by atoms with Gasteiger partial charge in [-0.1, -0.05) is 24.3 Å². The topological polar surface area (TPSA) is 67.9 Å². The van der Waals surface area contributed by atoms with Crippen LogP contribution in [0.4, 0.5) is 11.4 Å². The van der Waals surface area contributed by atoms with E-state index in [2.05, 4.69) is 5.32 Å². The Morgan fingerprint density at radius 3 is 2.29 bits per heavy atom. The van der Waals surface area contributed by atoms with Gasteiger partial charge in [-0.2, -0.15) is 0 Å². The molecule has 2 aromatic rings. The van der Waals surface area contributed by atoms with E-state index in [1.807, 2.05) is 18.2 Å². The highest BCUT2D eigenvalue weighted by Gasteiger charge is 2.40. The first-order valence-electron chi connectivity index (χ1n) is 7.55. The van der Waals surface area contributed by atoms with Crippen LogP contribution in [0.15, 0.2) is 48.5 Å². The summed E-state index contributed by atoms with van der Waals surface area (Å²) in [7, 11) is 3.07. The van der Waals surface area contributed by atoms with E-state index in [4.69, 9.17) is 9.47 Å². The van der Waals surface area contributed by atoms with Gasteiger partial charge in [0.2, 0.25) is 5.91 Å². The van der Waals surface area contributed by atoms with E-state index in [1.165, 1.54) is 12.0 Å². The third-order valence-electron chi connectivity index (χ3n) is 3.91. The van der Waals surface area contributed by atoms with E-state index in [1.54, 1.807) is 37.4 Å². The molecule has 2 amide bonds. The molecule has 0 spiro atoms. The van der Waals surface area contributed by atoms with Gasteiger partial charge >= 0.3 is 0 Å². The lowest BCUT2D eigenvalue weighted by molar-refractivity contribution is -0.121. The molecule has 1 aliphatic rings. The van der Waals surface area contributed by atoms with E-state index >= 15 is 0 Å². The molecule has 6 nitrogen and oxygen atoms in total. The molecule has 0 saturated carbocycles. The Kier molecular flexibility index (Phi) is 4.37. The molecule has 0 aliphatic carbocycles. The normalized spacial score (nSPS) is 17.1. The number of ether oxygens (including phenoxy) is 2. The van der Waals surface area contributed by atoms with Crippen molar-refractivity contribution in [2.24, 2.45) is 0 Å². The molecule has 24 heavy (non-hydrogen) atoms. The summed E-state index contributed by atoms with van der Waals surface area (Å²) in [6.45, 7) is 0. The number of hydrogen-bond donors (Lipinski definition) is 1. The molecule has 1 N–H and O–H groups in total. The number of nitrogens with one attached hydrogen (secondary N) is 1. The minimum atomic E-state index is -0.640. The Morgan fingerprint density at radius 1 is 0.958 bits per heavy atom. The maximum atomic E-state index is 12.7. The highest BCUT2D eigenvalue weighted by molar-refractivity contribution is 6.23. The van der Waals surface area contributed by atoms with Gasteiger partial charge in [-0.05, 0) is 24.3 Å². The summed E-state index contributed by atoms with van der Waals surface area (Å²) in [4.78, 5) is 26.3. The number of carbonyl (C=O) groups is 2. The van der Waals surface area contributed by atoms with Crippen LogP contribution in [0.3, 0.4) is 0 Å². The van der Waals surface area contributed by atoms with Gasteiger partial charge in [-0.3, -0.25) is 9.59 Å². The number of para-hydroxylation sites is 4. The van der Waals surface area contributed by atoms with Crippen LogP contribution in [0.25, 0.3) is 0 Å². The maximum Gasteiger partial charge on any atom is 0.256 e. The van der Waals surface area contributed by atoms with E-state index < -0.39 is 6.04 Å². The number of hydrogen-bond acceptors (Lipinski definition) is 5. The molecule has 124 valence electrons. The summed E-state index contributed by atoms with van der Waals surface area (Å²) < 4.78 is 10.5. The molecule has 0 aromatic heterocycles. The SMILES string of the molecule is COc1ccccc1NC1CC(=O)N(c2ccccc2OC)C1=O. The van der Waals surface area contributed by atoms with Gasteiger partial charge in [0, 0.05) is 0 Å². The largest absolute Gasteiger partial charge is 0.495 e. The van der Waals surface area contributed by atoms with Crippen LogP contribution in [0.1, 0.15) is 6.42 Å². The number of rotatable bonds is 5. The monoisotopic (exact) mass is 326 g/mol. The molecule has 1 aliphatic heterocycles. The summed E-state index contributed by atoms with van der Waals surface area (Å²) in [5.74, 6) is 0.526. The van der Waals surface area contributed by atoms with Crippen molar-refractivity contribution < 1.29 is 19.1 Å². The first-order valence-corrected chi connectivity index (χ1v) is 7.55. The van der Waals surface area contributed by atoms with Crippen LogP contribution >= 0.6 is 0 Å². The van der Waals surface area contributed by atoms with Gasteiger partial charge in [0.05, 0.1) is 32.0 Å². The predicted molar refractivity (Wildman–Crippen MR) is 90.5 cm³/mol. The van der Waals surface area contributed by atoms with Crippen LogP contribution < -0.4 is 19.7 Å². The molecular formula is C18H18N2O4. The van der Waals surface area contributed by atoms with Crippen molar-refractivity contribution in [3.05, 3.63) is 48.5 Å². The molecule has 1 unspecified atom stereocenters. The maximum absolute atomic E-state index is 12.7. The number of carbonyl (C=O) groups excluding carboxylic acids is 2. The first kappa shape index (κ1) is 15.9. The zero-order chi connectivity index (χ0) is 17.1. The van der Waals surface area contributed by atoms with E-state index in [0.717, 1.165) is 0 Å². The Morgan fingerprint density at radius 2 is 1.58 bits per heavy atom. The standard InChI is InChI=1S/C18H18N2O4/c1-23-15-9-5-3-7-12(15)19-13-11-17(21)20(18(13)22)14-8-4-6-10-16(14)24-2/h3-10,13,19H,11H2,1-2H3. The van der Waals surface area contributed by atoms with Gasteiger partial charge in [-0.15, -0.1) is 0 Å². The Balaban J connectivity index is 1.87. The molecule has 1 atom stereocenters. The number of benzene rings is 2. The number of methoxy groups -OCH3 is 2. The first-order chi connectivity index (χ1) is 11.7. The molecule has 1 saturated heterocycles. The number of anilines is 2. The van der Waals surface area contributed by atoms with Crippen LogP contribution in [0.2, 0.25) is 0 Å². The van der Waals surface area contributed by atoms with Crippen molar-refractivity contribution in [2.75, 3.05) is 24.4 Å².